The molecule has 0 fully saturated rings. The molecular weight excluding hydrogens is 418 g/mol. The number of hydrogen-bond acceptors (Lipinski definition) is 4. The van der Waals surface area contributed by atoms with E-state index in [4.69, 9.17) is 4.74 Å². The maximum atomic E-state index is 12.8. The molecule has 0 aliphatic heterocycles. The average molecular weight is 440 g/mol. The van der Waals surface area contributed by atoms with Crippen molar-refractivity contribution < 1.29 is 27.6 Å². The fourth-order valence-electron chi connectivity index (χ4n) is 3.66. The molecule has 7 nitrogen and oxygen atoms in total. The number of anilines is 1. The molecule has 8 heteroatoms. The molecule has 0 saturated carbocycles. The van der Waals surface area contributed by atoms with Gasteiger partial charge in [0.25, 0.3) is 0 Å². The van der Waals surface area contributed by atoms with Gasteiger partial charge in [-0.1, -0.05) is 54.6 Å². The Labute approximate surface area is 181 Å². The first kappa shape index (κ1) is 22.3. The molecule has 3 aromatic carbocycles. The van der Waals surface area contributed by atoms with E-state index in [9.17, 15) is 22.9 Å². The first-order valence-corrected chi connectivity index (χ1v) is 10.7. The van der Waals surface area contributed by atoms with Gasteiger partial charge >= 0.3 is 16.3 Å². The SMILES string of the molecule is [CH2]c1ccc(C(CC(=O)O)(c2ccccc2)N(c2ccc(OC)cc2)S(=O)(=O)O)cc1. The topological polar surface area (TPSA) is 104 Å². The van der Waals surface area contributed by atoms with Gasteiger partial charge in [0.05, 0.1) is 19.2 Å². The van der Waals surface area contributed by atoms with Crippen LogP contribution in [0.3, 0.4) is 0 Å². The Balaban J connectivity index is 2.42. The van der Waals surface area contributed by atoms with Gasteiger partial charge in [0.1, 0.15) is 11.3 Å². The quantitative estimate of drug-likeness (QED) is 0.515. The molecule has 0 saturated heterocycles. The van der Waals surface area contributed by atoms with E-state index in [2.05, 4.69) is 6.92 Å². The number of carboxylic acid groups (broad SMARTS) is 1. The van der Waals surface area contributed by atoms with E-state index < -0.39 is 28.2 Å². The molecule has 1 radical (unpaired) electrons. The second kappa shape index (κ2) is 8.79. The molecule has 3 aromatic rings. The van der Waals surface area contributed by atoms with E-state index in [0.717, 1.165) is 4.31 Å². The van der Waals surface area contributed by atoms with Gasteiger partial charge in [-0.25, -0.2) is 4.31 Å². The molecule has 0 bridgehead atoms. The summed E-state index contributed by atoms with van der Waals surface area (Å²) in [5, 5.41) is 9.83. The van der Waals surface area contributed by atoms with Gasteiger partial charge in [-0.05, 0) is 47.9 Å². The zero-order valence-electron chi connectivity index (χ0n) is 16.8. The van der Waals surface area contributed by atoms with Crippen molar-refractivity contribution in [3.05, 3.63) is 102 Å². The molecule has 0 aliphatic carbocycles. The molecule has 0 spiro atoms. The molecule has 1 atom stereocenters. The fourth-order valence-corrected chi connectivity index (χ4v) is 4.72. The van der Waals surface area contributed by atoms with E-state index in [0.29, 0.717) is 22.4 Å². The van der Waals surface area contributed by atoms with Crippen molar-refractivity contribution in [1.82, 2.24) is 0 Å². The third-order valence-corrected chi connectivity index (χ3v) is 5.96. The van der Waals surface area contributed by atoms with E-state index in [1.165, 1.54) is 31.4 Å². The number of ether oxygens (including phenoxy) is 1. The predicted octanol–water partition coefficient (Wildman–Crippen LogP) is 3.91. The van der Waals surface area contributed by atoms with Gasteiger partial charge in [-0.15, -0.1) is 0 Å². The minimum absolute atomic E-state index is 0.0760. The summed E-state index contributed by atoms with van der Waals surface area (Å²) in [5.74, 6) is -0.770. The van der Waals surface area contributed by atoms with Crippen LogP contribution in [0.25, 0.3) is 0 Å². The lowest BCUT2D eigenvalue weighted by atomic mass is 9.79. The van der Waals surface area contributed by atoms with E-state index >= 15 is 0 Å². The molecule has 161 valence electrons. The highest BCUT2D eigenvalue weighted by atomic mass is 32.2. The van der Waals surface area contributed by atoms with Crippen LogP contribution in [-0.2, 0) is 20.6 Å². The molecule has 1 unspecified atom stereocenters. The summed E-state index contributed by atoms with van der Waals surface area (Å²) in [6.45, 7) is 3.84. The predicted molar refractivity (Wildman–Crippen MR) is 117 cm³/mol. The van der Waals surface area contributed by atoms with Crippen LogP contribution < -0.4 is 9.04 Å². The molecule has 0 amide bonds. The Morgan fingerprint density at radius 3 is 2.00 bits per heavy atom. The lowest BCUT2D eigenvalue weighted by Crippen LogP contribution is -2.51. The third kappa shape index (κ3) is 4.55. The highest BCUT2D eigenvalue weighted by molar-refractivity contribution is 7.87. The van der Waals surface area contributed by atoms with Crippen LogP contribution in [0.2, 0.25) is 0 Å². The van der Waals surface area contributed by atoms with Crippen molar-refractivity contribution in [1.29, 1.82) is 0 Å². The minimum atomic E-state index is -4.93. The first-order valence-electron chi connectivity index (χ1n) is 9.30. The van der Waals surface area contributed by atoms with Gasteiger partial charge in [0.2, 0.25) is 0 Å². The first-order chi connectivity index (χ1) is 14.7. The van der Waals surface area contributed by atoms with Crippen molar-refractivity contribution in [3.63, 3.8) is 0 Å². The number of benzene rings is 3. The standard InChI is InChI=1S/C23H22NO6S/c1-17-8-10-19(11-9-17)23(16-22(25)26,18-6-4-3-5-7-18)24(31(27,28)29)20-12-14-21(30-2)15-13-20/h3-15H,1,16H2,2H3,(H,25,26)(H,27,28,29). The van der Waals surface area contributed by atoms with Crippen LogP contribution in [0.5, 0.6) is 5.75 Å². The van der Waals surface area contributed by atoms with Crippen LogP contribution in [0.4, 0.5) is 5.69 Å². The summed E-state index contributed by atoms with van der Waals surface area (Å²) in [6.07, 6.45) is -0.640. The van der Waals surface area contributed by atoms with Crippen LogP contribution in [0.1, 0.15) is 23.1 Å². The monoisotopic (exact) mass is 440 g/mol. The maximum absolute atomic E-state index is 12.8. The summed E-state index contributed by atoms with van der Waals surface area (Å²) >= 11 is 0. The molecule has 3 rings (SSSR count). The van der Waals surface area contributed by atoms with Crippen molar-refractivity contribution in [2.75, 3.05) is 11.4 Å². The van der Waals surface area contributed by atoms with Crippen LogP contribution in [-0.4, -0.2) is 31.2 Å². The Kier molecular flexibility index (Phi) is 6.33. The van der Waals surface area contributed by atoms with Crippen molar-refractivity contribution in [2.45, 2.75) is 12.0 Å². The zero-order valence-corrected chi connectivity index (χ0v) is 17.6. The second-order valence-corrected chi connectivity index (χ2v) is 8.19. The van der Waals surface area contributed by atoms with E-state index in [1.54, 1.807) is 54.6 Å². The summed E-state index contributed by atoms with van der Waals surface area (Å²) < 4.78 is 41.8. The van der Waals surface area contributed by atoms with E-state index in [-0.39, 0.29) is 5.69 Å². The number of methoxy groups -OCH3 is 1. The molecule has 2 N–H and O–H groups in total. The number of nitrogens with zero attached hydrogens (tertiary/aromatic N) is 1. The number of rotatable bonds is 8. The molecule has 0 heterocycles. The summed E-state index contributed by atoms with van der Waals surface area (Å²) in [7, 11) is -3.47. The number of carboxylic acids is 1. The lowest BCUT2D eigenvalue weighted by Gasteiger charge is -2.43. The zero-order chi connectivity index (χ0) is 22.6. The summed E-state index contributed by atoms with van der Waals surface area (Å²) in [6, 6.07) is 20.8. The van der Waals surface area contributed by atoms with Gasteiger partial charge in [0.15, 0.2) is 0 Å². The van der Waals surface area contributed by atoms with Crippen LogP contribution in [0.15, 0.2) is 78.9 Å². The Hall–Kier alpha value is -3.36. The van der Waals surface area contributed by atoms with Crippen LogP contribution in [0, 0.1) is 6.92 Å². The summed E-state index contributed by atoms with van der Waals surface area (Å²) in [4.78, 5) is 12.1. The Morgan fingerprint density at radius 1 is 0.968 bits per heavy atom. The van der Waals surface area contributed by atoms with Crippen LogP contribution >= 0.6 is 0 Å². The number of hydrogen-bond donors (Lipinski definition) is 2. The highest BCUT2D eigenvalue weighted by Gasteiger charge is 2.48. The highest BCUT2D eigenvalue weighted by Crippen LogP contribution is 2.44. The Bertz CT molecular complexity index is 1140. The van der Waals surface area contributed by atoms with E-state index in [1.807, 2.05) is 0 Å². The maximum Gasteiger partial charge on any atom is 0.361 e. The second-order valence-electron chi connectivity index (χ2n) is 6.93. The van der Waals surface area contributed by atoms with Gasteiger partial charge in [-0.2, -0.15) is 8.42 Å². The summed E-state index contributed by atoms with van der Waals surface area (Å²) in [5.41, 5.74) is -0.288. The molecule has 31 heavy (non-hydrogen) atoms. The minimum Gasteiger partial charge on any atom is -0.497 e. The third-order valence-electron chi connectivity index (χ3n) is 4.97. The van der Waals surface area contributed by atoms with Crippen molar-refractivity contribution >= 4 is 22.0 Å². The van der Waals surface area contributed by atoms with Crippen molar-refractivity contribution in [3.8, 4) is 5.75 Å². The normalized spacial score (nSPS) is 13.3. The Morgan fingerprint density at radius 2 is 1.52 bits per heavy atom. The molecule has 0 aromatic heterocycles. The molecule has 0 aliphatic rings. The van der Waals surface area contributed by atoms with Gasteiger partial charge < -0.3 is 9.84 Å². The van der Waals surface area contributed by atoms with Gasteiger partial charge in [-0.3, -0.25) is 9.35 Å². The largest absolute Gasteiger partial charge is 0.497 e. The number of carbonyl (C=O) groups is 1. The fraction of sp³-hybridized carbons (Fsp3) is 0.130. The van der Waals surface area contributed by atoms with Gasteiger partial charge in [0, 0.05) is 0 Å². The lowest BCUT2D eigenvalue weighted by molar-refractivity contribution is -0.138. The van der Waals surface area contributed by atoms with Crippen molar-refractivity contribution in [2.24, 2.45) is 0 Å². The number of aliphatic carboxylic acids is 1. The average Bonchev–Trinajstić information content (AvgIpc) is 2.73. The molecular formula is C23H22NO6S. The smallest absolute Gasteiger partial charge is 0.361 e.